The zero-order valence-electron chi connectivity index (χ0n) is 18.1. The zero-order valence-corrected chi connectivity index (χ0v) is 19.7. The number of carbonyl (C=O) groups is 3. The summed E-state index contributed by atoms with van der Waals surface area (Å²) >= 11 is 3.42. The maximum atomic E-state index is 13.4. The van der Waals surface area contributed by atoms with E-state index in [0.717, 1.165) is 40.5 Å². The molecular weight excluding hydrogens is 472 g/mol. The van der Waals surface area contributed by atoms with Crippen LogP contribution in [0.1, 0.15) is 36.8 Å². The first-order valence-electron chi connectivity index (χ1n) is 11.1. The Labute approximate surface area is 196 Å². The van der Waals surface area contributed by atoms with Crippen molar-refractivity contribution >= 4 is 45.1 Å². The van der Waals surface area contributed by atoms with Crippen LogP contribution in [-0.4, -0.2) is 30.9 Å². The first-order chi connectivity index (χ1) is 15.4. The predicted octanol–water partition coefficient (Wildman–Crippen LogP) is 4.63. The molecule has 6 nitrogen and oxygen atoms in total. The number of hydrogen-bond acceptors (Lipinski definition) is 4. The van der Waals surface area contributed by atoms with Crippen molar-refractivity contribution in [3.05, 3.63) is 58.1 Å². The SMILES string of the molecule is Cc1ccc(NC(=O)COC(=O)C2CCCCC2C(=O)N2CCc3ccccc32)c(Br)c1. The lowest BCUT2D eigenvalue weighted by atomic mass is 9.78. The van der Waals surface area contributed by atoms with Crippen molar-refractivity contribution in [2.75, 3.05) is 23.4 Å². The van der Waals surface area contributed by atoms with Gasteiger partial charge in [-0.1, -0.05) is 37.1 Å². The summed E-state index contributed by atoms with van der Waals surface area (Å²) in [6.45, 7) is 2.23. The largest absolute Gasteiger partial charge is 0.455 e. The van der Waals surface area contributed by atoms with Gasteiger partial charge in [0.05, 0.1) is 17.5 Å². The normalized spacial score (nSPS) is 19.9. The molecule has 0 aromatic heterocycles. The van der Waals surface area contributed by atoms with E-state index in [9.17, 15) is 14.4 Å². The molecule has 2 aromatic carbocycles. The molecule has 2 amide bonds. The molecule has 2 unspecified atom stereocenters. The van der Waals surface area contributed by atoms with Gasteiger partial charge in [0.15, 0.2) is 6.61 Å². The quantitative estimate of drug-likeness (QED) is 0.609. The van der Waals surface area contributed by atoms with E-state index < -0.39 is 23.7 Å². The van der Waals surface area contributed by atoms with Crippen LogP contribution in [0.25, 0.3) is 0 Å². The van der Waals surface area contributed by atoms with Crippen LogP contribution in [0.4, 0.5) is 11.4 Å². The number of amides is 2. The molecule has 0 spiro atoms. The van der Waals surface area contributed by atoms with Crippen molar-refractivity contribution in [3.63, 3.8) is 0 Å². The highest BCUT2D eigenvalue weighted by Gasteiger charge is 2.40. The van der Waals surface area contributed by atoms with E-state index in [-0.39, 0.29) is 12.5 Å². The lowest BCUT2D eigenvalue weighted by Gasteiger charge is -2.32. The second-order valence-corrected chi connectivity index (χ2v) is 9.36. The number of nitrogens with zero attached hydrogens (tertiary/aromatic N) is 1. The number of fused-ring (bicyclic) bond motifs is 1. The number of carbonyl (C=O) groups excluding carboxylic acids is 3. The Morgan fingerprint density at radius 3 is 2.62 bits per heavy atom. The number of rotatable bonds is 5. The number of halogens is 1. The fourth-order valence-corrected chi connectivity index (χ4v) is 5.22. The molecule has 1 fully saturated rings. The highest BCUT2D eigenvalue weighted by molar-refractivity contribution is 9.10. The van der Waals surface area contributed by atoms with E-state index in [1.807, 2.05) is 48.2 Å². The van der Waals surface area contributed by atoms with Gasteiger partial charge in [0.25, 0.3) is 5.91 Å². The summed E-state index contributed by atoms with van der Waals surface area (Å²) < 4.78 is 6.12. The summed E-state index contributed by atoms with van der Waals surface area (Å²) in [7, 11) is 0. The number of benzene rings is 2. The molecule has 32 heavy (non-hydrogen) atoms. The monoisotopic (exact) mass is 498 g/mol. The zero-order chi connectivity index (χ0) is 22.7. The summed E-state index contributed by atoms with van der Waals surface area (Å²) in [4.78, 5) is 40.3. The van der Waals surface area contributed by atoms with Gasteiger partial charge in [-0.2, -0.15) is 0 Å². The summed E-state index contributed by atoms with van der Waals surface area (Å²) in [6, 6.07) is 13.5. The number of nitrogens with one attached hydrogen (secondary N) is 1. The van der Waals surface area contributed by atoms with Crippen LogP contribution in [0.15, 0.2) is 46.9 Å². The van der Waals surface area contributed by atoms with Crippen molar-refractivity contribution in [2.24, 2.45) is 11.8 Å². The molecule has 7 heteroatoms. The number of ether oxygens (including phenoxy) is 1. The molecule has 1 saturated carbocycles. The molecule has 168 valence electrons. The van der Waals surface area contributed by atoms with Crippen LogP contribution in [0.5, 0.6) is 0 Å². The van der Waals surface area contributed by atoms with Crippen LogP contribution >= 0.6 is 15.9 Å². The summed E-state index contributed by atoms with van der Waals surface area (Å²) in [5.74, 6) is -1.80. The van der Waals surface area contributed by atoms with Crippen LogP contribution in [0.3, 0.4) is 0 Å². The smallest absolute Gasteiger partial charge is 0.310 e. The van der Waals surface area contributed by atoms with E-state index in [4.69, 9.17) is 4.74 Å². The standard InChI is InChI=1S/C25H27BrN2O4/c1-16-10-11-21(20(26)14-16)27-23(29)15-32-25(31)19-8-4-3-7-18(19)24(30)28-13-12-17-6-2-5-9-22(17)28/h2,5-6,9-11,14,18-19H,3-4,7-8,12-13,15H2,1H3,(H,27,29). The molecule has 0 radical (unpaired) electrons. The van der Waals surface area contributed by atoms with E-state index in [2.05, 4.69) is 21.2 Å². The van der Waals surface area contributed by atoms with Gasteiger partial charge >= 0.3 is 5.97 Å². The fourth-order valence-electron chi connectivity index (χ4n) is 4.63. The van der Waals surface area contributed by atoms with Crippen LogP contribution in [0.2, 0.25) is 0 Å². The van der Waals surface area contributed by atoms with Crippen LogP contribution in [-0.2, 0) is 25.5 Å². The molecule has 0 saturated heterocycles. The Morgan fingerprint density at radius 2 is 1.84 bits per heavy atom. The third-order valence-corrected chi connectivity index (χ3v) is 6.94. The molecule has 4 rings (SSSR count). The van der Waals surface area contributed by atoms with Gasteiger partial charge in [-0.3, -0.25) is 14.4 Å². The highest BCUT2D eigenvalue weighted by atomic mass is 79.9. The summed E-state index contributed by atoms with van der Waals surface area (Å²) in [6.07, 6.45) is 3.90. The van der Waals surface area contributed by atoms with Gasteiger partial charge in [-0.05, 0) is 71.4 Å². The van der Waals surface area contributed by atoms with Crippen molar-refractivity contribution in [3.8, 4) is 0 Å². The summed E-state index contributed by atoms with van der Waals surface area (Å²) in [5, 5.41) is 2.75. The van der Waals surface area contributed by atoms with Gasteiger partial charge in [-0.15, -0.1) is 0 Å². The Morgan fingerprint density at radius 1 is 1.09 bits per heavy atom. The molecule has 1 aliphatic carbocycles. The van der Waals surface area contributed by atoms with Crippen molar-refractivity contribution < 1.29 is 19.1 Å². The van der Waals surface area contributed by atoms with Gasteiger partial charge in [-0.25, -0.2) is 0 Å². The fraction of sp³-hybridized carbons (Fsp3) is 0.400. The first kappa shape index (κ1) is 22.5. The number of anilines is 2. The average molecular weight is 499 g/mol. The summed E-state index contributed by atoms with van der Waals surface area (Å²) in [5.41, 5.74) is 3.79. The number of para-hydroxylation sites is 1. The van der Waals surface area contributed by atoms with Gasteiger partial charge in [0.2, 0.25) is 5.91 Å². The van der Waals surface area contributed by atoms with Crippen molar-refractivity contribution in [1.29, 1.82) is 0 Å². The topological polar surface area (TPSA) is 75.7 Å². The maximum absolute atomic E-state index is 13.4. The molecule has 2 aliphatic rings. The predicted molar refractivity (Wildman–Crippen MR) is 126 cm³/mol. The number of hydrogen-bond donors (Lipinski definition) is 1. The lowest BCUT2D eigenvalue weighted by molar-refractivity contribution is -0.156. The molecule has 2 atom stereocenters. The molecule has 0 bridgehead atoms. The molecule has 1 heterocycles. The minimum absolute atomic E-state index is 0.00959. The average Bonchev–Trinajstić information content (AvgIpc) is 3.23. The Hall–Kier alpha value is -2.67. The molecule has 2 aromatic rings. The Bertz CT molecular complexity index is 1040. The van der Waals surface area contributed by atoms with E-state index >= 15 is 0 Å². The second-order valence-electron chi connectivity index (χ2n) is 8.51. The van der Waals surface area contributed by atoms with Crippen LogP contribution in [0, 0.1) is 18.8 Å². The molecular formula is C25H27BrN2O4. The van der Waals surface area contributed by atoms with Gasteiger partial charge < -0.3 is 15.0 Å². The van der Waals surface area contributed by atoms with E-state index in [0.29, 0.717) is 25.1 Å². The van der Waals surface area contributed by atoms with Crippen molar-refractivity contribution in [2.45, 2.75) is 39.0 Å². The number of esters is 1. The van der Waals surface area contributed by atoms with Gasteiger partial charge in [0, 0.05) is 16.7 Å². The first-order valence-corrected chi connectivity index (χ1v) is 11.9. The molecule has 1 N–H and O–H groups in total. The minimum Gasteiger partial charge on any atom is -0.455 e. The van der Waals surface area contributed by atoms with E-state index in [1.54, 1.807) is 6.07 Å². The second kappa shape index (κ2) is 9.86. The highest BCUT2D eigenvalue weighted by Crippen LogP contribution is 2.36. The Kier molecular flexibility index (Phi) is 6.94. The lowest BCUT2D eigenvalue weighted by Crippen LogP contribution is -2.42. The van der Waals surface area contributed by atoms with E-state index in [1.165, 1.54) is 0 Å². The van der Waals surface area contributed by atoms with Gasteiger partial charge in [0.1, 0.15) is 0 Å². The van der Waals surface area contributed by atoms with Crippen LogP contribution < -0.4 is 10.2 Å². The van der Waals surface area contributed by atoms with Crippen molar-refractivity contribution in [1.82, 2.24) is 0 Å². The number of aryl methyl sites for hydroxylation is 1. The Balaban J connectivity index is 1.37. The third kappa shape index (κ3) is 4.88. The molecule has 1 aliphatic heterocycles. The maximum Gasteiger partial charge on any atom is 0.310 e. The third-order valence-electron chi connectivity index (χ3n) is 6.28. The minimum atomic E-state index is -0.511.